The van der Waals surface area contributed by atoms with Gasteiger partial charge in [-0.1, -0.05) is 29.3 Å². The summed E-state index contributed by atoms with van der Waals surface area (Å²) in [7, 11) is 4.37. The molecule has 0 spiro atoms. The second-order valence-corrected chi connectivity index (χ2v) is 6.68. The van der Waals surface area contributed by atoms with Crippen LogP contribution in [0.15, 0.2) is 42.6 Å². The van der Waals surface area contributed by atoms with Gasteiger partial charge in [-0.3, -0.25) is 0 Å². The van der Waals surface area contributed by atoms with E-state index in [1.807, 2.05) is 0 Å². The van der Waals surface area contributed by atoms with Crippen LogP contribution in [0.5, 0.6) is 0 Å². The molecule has 1 aromatic heterocycles. The highest BCUT2D eigenvalue weighted by Crippen LogP contribution is 2.42. The van der Waals surface area contributed by atoms with Crippen molar-refractivity contribution in [3.63, 3.8) is 0 Å². The fraction of sp³-hybridized carbons (Fsp3) is 0.300. The minimum absolute atomic E-state index is 0.433. The number of aromatic nitrogens is 1. The average molecular weight is 290 g/mol. The summed E-state index contributed by atoms with van der Waals surface area (Å²) in [6.07, 6.45) is 3.41. The topological polar surface area (TPSA) is 8.17 Å². The van der Waals surface area contributed by atoms with Crippen molar-refractivity contribution in [1.29, 1.82) is 0 Å². The number of hydrogen-bond donors (Lipinski definition) is 0. The number of likely N-dealkylation sites (N-methyl/N-ethyl adjacent to an activating group) is 1. The maximum Gasteiger partial charge on any atom is 0.0601 e. The molecule has 1 unspecified atom stereocenters. The van der Waals surface area contributed by atoms with Crippen molar-refractivity contribution in [2.75, 3.05) is 11.9 Å². The van der Waals surface area contributed by atoms with E-state index in [-0.39, 0.29) is 0 Å². The van der Waals surface area contributed by atoms with Gasteiger partial charge < -0.3 is 9.47 Å². The lowest BCUT2D eigenvalue weighted by atomic mass is 10.0. The number of fused-ring (bicyclic) bond motifs is 2. The van der Waals surface area contributed by atoms with Crippen molar-refractivity contribution in [3.8, 4) is 0 Å². The van der Waals surface area contributed by atoms with Gasteiger partial charge in [0.05, 0.1) is 6.04 Å². The largest absolute Gasteiger partial charge is 0.367 e. The summed E-state index contributed by atoms with van der Waals surface area (Å²) < 4.78 is 2.26. The van der Waals surface area contributed by atoms with E-state index in [9.17, 15) is 0 Å². The van der Waals surface area contributed by atoms with E-state index in [1.54, 1.807) is 0 Å². The Morgan fingerprint density at radius 3 is 2.50 bits per heavy atom. The van der Waals surface area contributed by atoms with Crippen molar-refractivity contribution in [2.45, 2.75) is 26.3 Å². The van der Waals surface area contributed by atoms with E-state index in [2.05, 4.69) is 80.0 Å². The van der Waals surface area contributed by atoms with Gasteiger partial charge in [-0.15, -0.1) is 0 Å². The molecule has 0 saturated heterocycles. The summed E-state index contributed by atoms with van der Waals surface area (Å²) in [6.45, 7) is 4.35. The molecule has 0 aliphatic carbocycles. The number of nitrogens with zero attached hydrogens (tertiary/aromatic N) is 2. The second-order valence-electron chi connectivity index (χ2n) is 6.68. The lowest BCUT2D eigenvalue weighted by Crippen LogP contribution is -2.19. The molecule has 112 valence electrons. The molecular weight excluding hydrogens is 268 g/mol. The minimum Gasteiger partial charge on any atom is -0.367 e. The Labute approximate surface area is 132 Å². The predicted molar refractivity (Wildman–Crippen MR) is 93.7 cm³/mol. The van der Waals surface area contributed by atoms with E-state index in [0.29, 0.717) is 6.04 Å². The number of benzene rings is 2. The molecule has 1 aliphatic heterocycles. The Bertz CT molecular complexity index is 873. The highest BCUT2D eigenvalue weighted by Gasteiger charge is 2.29. The van der Waals surface area contributed by atoms with E-state index in [4.69, 9.17) is 0 Å². The summed E-state index contributed by atoms with van der Waals surface area (Å²) in [5.41, 5.74) is 8.28. The summed E-state index contributed by atoms with van der Waals surface area (Å²) in [5.74, 6) is 0. The Morgan fingerprint density at radius 1 is 0.955 bits per heavy atom. The molecule has 0 saturated carbocycles. The van der Waals surface area contributed by atoms with Gasteiger partial charge in [0.2, 0.25) is 0 Å². The van der Waals surface area contributed by atoms with Crippen LogP contribution in [0.25, 0.3) is 10.9 Å². The third-order valence-electron chi connectivity index (χ3n) is 5.03. The van der Waals surface area contributed by atoms with Crippen LogP contribution in [0, 0.1) is 13.8 Å². The average Bonchev–Trinajstić information content (AvgIpc) is 2.96. The van der Waals surface area contributed by atoms with Gasteiger partial charge in [-0.25, -0.2) is 0 Å². The predicted octanol–water partition coefficient (Wildman–Crippen LogP) is 4.53. The molecule has 22 heavy (non-hydrogen) atoms. The SMILES string of the molecule is Cc1ccc2c(c1)CC(c1cn(C)c3ccc(C)cc13)N2C. The highest BCUT2D eigenvalue weighted by molar-refractivity contribution is 5.86. The molecule has 0 radical (unpaired) electrons. The Morgan fingerprint density at radius 2 is 1.68 bits per heavy atom. The zero-order chi connectivity index (χ0) is 15.4. The molecule has 1 atom stereocenters. The standard InChI is InChI=1S/C20H22N2/c1-13-5-7-18-15(9-13)11-20(22(18)4)17-12-21(3)19-8-6-14(2)10-16(17)19/h5-10,12,20H,11H2,1-4H3. The highest BCUT2D eigenvalue weighted by atomic mass is 15.2. The third-order valence-corrected chi connectivity index (χ3v) is 5.03. The number of aryl methyl sites for hydroxylation is 3. The molecule has 2 nitrogen and oxygen atoms in total. The van der Waals surface area contributed by atoms with Crippen LogP contribution in [-0.2, 0) is 13.5 Å². The maximum absolute atomic E-state index is 2.44. The first-order valence-electron chi connectivity index (χ1n) is 7.92. The summed E-state index contributed by atoms with van der Waals surface area (Å²) >= 11 is 0. The van der Waals surface area contributed by atoms with Gasteiger partial charge in [-0.2, -0.15) is 0 Å². The molecule has 3 aromatic rings. The summed E-state index contributed by atoms with van der Waals surface area (Å²) in [6, 6.07) is 14.0. The Hall–Kier alpha value is -2.22. The molecule has 2 aromatic carbocycles. The smallest absolute Gasteiger partial charge is 0.0601 e. The van der Waals surface area contributed by atoms with Crippen LogP contribution in [-0.4, -0.2) is 11.6 Å². The van der Waals surface area contributed by atoms with E-state index >= 15 is 0 Å². The van der Waals surface area contributed by atoms with Gasteiger partial charge in [0.15, 0.2) is 0 Å². The first kappa shape index (κ1) is 13.4. The van der Waals surface area contributed by atoms with Crippen molar-refractivity contribution >= 4 is 16.6 Å². The molecule has 0 fully saturated rings. The maximum atomic E-state index is 2.44. The van der Waals surface area contributed by atoms with Crippen LogP contribution >= 0.6 is 0 Å². The fourth-order valence-electron chi connectivity index (χ4n) is 3.86. The van der Waals surface area contributed by atoms with Crippen molar-refractivity contribution in [2.24, 2.45) is 7.05 Å². The van der Waals surface area contributed by atoms with Crippen molar-refractivity contribution < 1.29 is 0 Å². The second kappa shape index (κ2) is 4.64. The van der Waals surface area contributed by atoms with Crippen LogP contribution in [0.3, 0.4) is 0 Å². The molecule has 2 heterocycles. The first-order valence-corrected chi connectivity index (χ1v) is 7.92. The van der Waals surface area contributed by atoms with E-state index in [1.165, 1.54) is 38.8 Å². The van der Waals surface area contributed by atoms with Crippen molar-refractivity contribution in [3.05, 3.63) is 64.8 Å². The minimum atomic E-state index is 0.433. The number of anilines is 1. The van der Waals surface area contributed by atoms with Crippen LogP contribution < -0.4 is 4.90 Å². The molecule has 0 N–H and O–H groups in total. The van der Waals surface area contributed by atoms with Gasteiger partial charge in [0, 0.05) is 42.4 Å². The monoisotopic (exact) mass is 290 g/mol. The van der Waals surface area contributed by atoms with Crippen LogP contribution in [0.1, 0.15) is 28.3 Å². The molecule has 2 heteroatoms. The molecule has 0 amide bonds. The van der Waals surface area contributed by atoms with Gasteiger partial charge >= 0.3 is 0 Å². The summed E-state index contributed by atoms with van der Waals surface area (Å²) in [5, 5.41) is 1.39. The van der Waals surface area contributed by atoms with Gasteiger partial charge in [-0.05, 0) is 44.0 Å². The lowest BCUT2D eigenvalue weighted by Gasteiger charge is -2.22. The molecule has 0 bridgehead atoms. The van der Waals surface area contributed by atoms with Gasteiger partial charge in [0.1, 0.15) is 0 Å². The van der Waals surface area contributed by atoms with Crippen molar-refractivity contribution in [1.82, 2.24) is 4.57 Å². The molecule has 1 aliphatic rings. The fourth-order valence-corrected chi connectivity index (χ4v) is 3.86. The van der Waals surface area contributed by atoms with E-state index < -0.39 is 0 Å². The normalized spacial score (nSPS) is 17.3. The molecule has 4 rings (SSSR count). The Balaban J connectivity index is 1.85. The van der Waals surface area contributed by atoms with Gasteiger partial charge in [0.25, 0.3) is 0 Å². The first-order chi connectivity index (χ1) is 10.5. The Kier molecular flexibility index (Phi) is 2.83. The molecular formula is C20H22N2. The van der Waals surface area contributed by atoms with Crippen LogP contribution in [0.2, 0.25) is 0 Å². The summed E-state index contributed by atoms with van der Waals surface area (Å²) in [4.78, 5) is 2.44. The lowest BCUT2D eigenvalue weighted by molar-refractivity contribution is 0.717. The van der Waals surface area contributed by atoms with E-state index in [0.717, 1.165) is 6.42 Å². The third kappa shape index (κ3) is 1.87. The quantitative estimate of drug-likeness (QED) is 0.639. The number of hydrogen-bond acceptors (Lipinski definition) is 1. The van der Waals surface area contributed by atoms with Crippen LogP contribution in [0.4, 0.5) is 5.69 Å². The zero-order valence-electron chi connectivity index (χ0n) is 13.7. The number of rotatable bonds is 1. The zero-order valence-corrected chi connectivity index (χ0v) is 13.7.